The van der Waals surface area contributed by atoms with Gasteiger partial charge >= 0.3 is 0 Å². The summed E-state index contributed by atoms with van der Waals surface area (Å²) in [5, 5.41) is 2.73. The molecular formula is C14H16N4O2. The van der Waals surface area contributed by atoms with Gasteiger partial charge in [0.2, 0.25) is 0 Å². The second kappa shape index (κ2) is 6.10. The van der Waals surface area contributed by atoms with Gasteiger partial charge in [-0.05, 0) is 18.1 Å². The Morgan fingerprint density at radius 1 is 1.20 bits per heavy atom. The number of hydrogen-bond donors (Lipinski definition) is 1. The molecule has 0 spiro atoms. The fourth-order valence-corrected chi connectivity index (χ4v) is 1.76. The molecule has 1 N–H and O–H groups in total. The number of nitrogens with one attached hydrogen (secondary N) is 1. The zero-order chi connectivity index (χ0) is 14.5. The van der Waals surface area contributed by atoms with Gasteiger partial charge in [-0.25, -0.2) is 9.97 Å². The van der Waals surface area contributed by atoms with Gasteiger partial charge in [0.1, 0.15) is 5.75 Å². The molecule has 0 radical (unpaired) electrons. The van der Waals surface area contributed by atoms with Crippen LogP contribution in [-0.4, -0.2) is 28.0 Å². The van der Waals surface area contributed by atoms with Gasteiger partial charge in [-0.1, -0.05) is 13.8 Å². The molecule has 6 nitrogen and oxygen atoms in total. The maximum atomic E-state index is 12.2. The second-order valence-corrected chi connectivity index (χ2v) is 4.45. The highest BCUT2D eigenvalue weighted by atomic mass is 16.5. The van der Waals surface area contributed by atoms with E-state index in [1.165, 1.54) is 19.5 Å². The Morgan fingerprint density at radius 3 is 2.65 bits per heavy atom. The lowest BCUT2D eigenvalue weighted by Gasteiger charge is -2.12. The summed E-state index contributed by atoms with van der Waals surface area (Å²) in [5.41, 5.74) is 0.950. The van der Waals surface area contributed by atoms with E-state index < -0.39 is 0 Å². The molecule has 0 aliphatic carbocycles. The van der Waals surface area contributed by atoms with Crippen molar-refractivity contribution in [1.82, 2.24) is 15.0 Å². The van der Waals surface area contributed by atoms with Crippen molar-refractivity contribution < 1.29 is 9.53 Å². The van der Waals surface area contributed by atoms with Crippen molar-refractivity contribution in [2.24, 2.45) is 0 Å². The highest BCUT2D eigenvalue weighted by molar-refractivity contribution is 6.04. The molecule has 1 amide bonds. The van der Waals surface area contributed by atoms with E-state index >= 15 is 0 Å². The Balaban J connectivity index is 2.28. The van der Waals surface area contributed by atoms with E-state index in [9.17, 15) is 4.79 Å². The molecular weight excluding hydrogens is 256 g/mol. The smallest absolute Gasteiger partial charge is 0.279 e. The Labute approximate surface area is 117 Å². The van der Waals surface area contributed by atoms with Gasteiger partial charge in [0.05, 0.1) is 12.8 Å². The summed E-state index contributed by atoms with van der Waals surface area (Å²) in [6, 6.07) is 3.39. The van der Waals surface area contributed by atoms with Crippen LogP contribution < -0.4 is 10.1 Å². The van der Waals surface area contributed by atoms with Gasteiger partial charge in [0.25, 0.3) is 5.91 Å². The van der Waals surface area contributed by atoms with Crippen molar-refractivity contribution >= 4 is 11.7 Å². The van der Waals surface area contributed by atoms with E-state index in [2.05, 4.69) is 20.3 Å². The van der Waals surface area contributed by atoms with Crippen molar-refractivity contribution in [3.63, 3.8) is 0 Å². The first-order valence-electron chi connectivity index (χ1n) is 6.24. The van der Waals surface area contributed by atoms with Crippen LogP contribution in [0.4, 0.5) is 5.82 Å². The van der Waals surface area contributed by atoms with Crippen molar-refractivity contribution in [2.75, 3.05) is 12.4 Å². The van der Waals surface area contributed by atoms with Crippen LogP contribution in [-0.2, 0) is 0 Å². The number of amides is 1. The summed E-state index contributed by atoms with van der Waals surface area (Å²) >= 11 is 0. The third-order valence-corrected chi connectivity index (χ3v) is 2.71. The summed E-state index contributed by atoms with van der Waals surface area (Å²) in [6.45, 7) is 3.97. The minimum absolute atomic E-state index is 0.157. The van der Waals surface area contributed by atoms with Gasteiger partial charge in [-0.15, -0.1) is 0 Å². The molecule has 6 heteroatoms. The third kappa shape index (κ3) is 2.90. The van der Waals surface area contributed by atoms with Gasteiger partial charge in [-0.2, -0.15) is 0 Å². The number of carbonyl (C=O) groups excluding carboxylic acids is 1. The second-order valence-electron chi connectivity index (χ2n) is 4.45. The predicted molar refractivity (Wildman–Crippen MR) is 74.9 cm³/mol. The predicted octanol–water partition coefficient (Wildman–Crippen LogP) is 2.26. The number of pyridine rings is 1. The van der Waals surface area contributed by atoms with E-state index in [-0.39, 0.29) is 17.5 Å². The lowest BCUT2D eigenvalue weighted by molar-refractivity contribution is 0.101. The maximum Gasteiger partial charge on any atom is 0.279 e. The molecule has 0 atom stereocenters. The molecule has 2 rings (SSSR count). The first-order valence-corrected chi connectivity index (χ1v) is 6.24. The fraction of sp³-hybridized carbons (Fsp3) is 0.286. The SMILES string of the molecule is COc1cccnc1C(=O)Nc1nccnc1C(C)C. The lowest BCUT2D eigenvalue weighted by Crippen LogP contribution is -2.17. The Morgan fingerprint density at radius 2 is 1.95 bits per heavy atom. The topological polar surface area (TPSA) is 77.0 Å². The van der Waals surface area contributed by atoms with Gasteiger partial charge in [0.15, 0.2) is 11.5 Å². The number of ether oxygens (including phenoxy) is 1. The summed E-state index contributed by atoms with van der Waals surface area (Å²) in [5.74, 6) is 0.648. The number of methoxy groups -OCH3 is 1. The van der Waals surface area contributed by atoms with Crippen LogP contribution in [0.3, 0.4) is 0 Å². The molecule has 0 fully saturated rings. The lowest BCUT2D eigenvalue weighted by atomic mass is 10.1. The van der Waals surface area contributed by atoms with Crippen molar-refractivity contribution in [3.05, 3.63) is 42.1 Å². The largest absolute Gasteiger partial charge is 0.494 e. The molecule has 2 aromatic heterocycles. The minimum Gasteiger partial charge on any atom is -0.494 e. The molecule has 0 saturated heterocycles. The molecule has 0 aromatic carbocycles. The number of hydrogen-bond acceptors (Lipinski definition) is 5. The van der Waals surface area contributed by atoms with E-state index in [1.54, 1.807) is 18.3 Å². The Bertz CT molecular complexity index is 614. The number of rotatable bonds is 4. The zero-order valence-corrected chi connectivity index (χ0v) is 11.6. The van der Waals surface area contributed by atoms with Crippen LogP contribution in [0, 0.1) is 0 Å². The maximum absolute atomic E-state index is 12.2. The van der Waals surface area contributed by atoms with Crippen LogP contribution in [0.5, 0.6) is 5.75 Å². The number of nitrogens with zero attached hydrogens (tertiary/aromatic N) is 3. The first kappa shape index (κ1) is 13.9. The van der Waals surface area contributed by atoms with E-state index in [4.69, 9.17) is 4.74 Å². The zero-order valence-electron chi connectivity index (χ0n) is 11.6. The molecule has 104 valence electrons. The van der Waals surface area contributed by atoms with Crippen LogP contribution in [0.2, 0.25) is 0 Å². The van der Waals surface area contributed by atoms with Crippen LogP contribution in [0.1, 0.15) is 35.9 Å². The summed E-state index contributed by atoms with van der Waals surface area (Å²) < 4.78 is 5.12. The van der Waals surface area contributed by atoms with Crippen LogP contribution in [0.25, 0.3) is 0 Å². The molecule has 2 aromatic rings. The minimum atomic E-state index is -0.371. The van der Waals surface area contributed by atoms with Crippen molar-refractivity contribution in [2.45, 2.75) is 19.8 Å². The van der Waals surface area contributed by atoms with Gasteiger partial charge < -0.3 is 10.1 Å². The monoisotopic (exact) mass is 272 g/mol. The van der Waals surface area contributed by atoms with E-state index in [0.29, 0.717) is 11.6 Å². The van der Waals surface area contributed by atoms with Crippen molar-refractivity contribution in [3.8, 4) is 5.75 Å². The quantitative estimate of drug-likeness (QED) is 0.923. The number of carbonyl (C=O) groups is 1. The van der Waals surface area contributed by atoms with E-state index in [1.807, 2.05) is 13.8 Å². The molecule has 0 aliphatic heterocycles. The average molecular weight is 272 g/mol. The Kier molecular flexibility index (Phi) is 4.24. The van der Waals surface area contributed by atoms with Crippen LogP contribution in [0.15, 0.2) is 30.7 Å². The fourth-order valence-electron chi connectivity index (χ4n) is 1.76. The molecule has 2 heterocycles. The average Bonchev–Trinajstić information content (AvgIpc) is 2.47. The van der Waals surface area contributed by atoms with Gasteiger partial charge in [0, 0.05) is 18.6 Å². The third-order valence-electron chi connectivity index (χ3n) is 2.71. The summed E-state index contributed by atoms with van der Waals surface area (Å²) in [4.78, 5) is 24.7. The van der Waals surface area contributed by atoms with E-state index in [0.717, 1.165) is 5.69 Å². The first-order chi connectivity index (χ1) is 9.63. The molecule has 0 aliphatic rings. The Hall–Kier alpha value is -2.50. The summed E-state index contributed by atoms with van der Waals surface area (Å²) in [6.07, 6.45) is 4.68. The highest BCUT2D eigenvalue weighted by Gasteiger charge is 2.17. The molecule has 20 heavy (non-hydrogen) atoms. The highest BCUT2D eigenvalue weighted by Crippen LogP contribution is 2.21. The van der Waals surface area contributed by atoms with Crippen LogP contribution >= 0.6 is 0 Å². The van der Waals surface area contributed by atoms with Gasteiger partial charge in [-0.3, -0.25) is 9.78 Å². The normalized spacial score (nSPS) is 10.4. The molecule has 0 unspecified atom stereocenters. The molecule has 0 bridgehead atoms. The number of aromatic nitrogens is 3. The van der Waals surface area contributed by atoms with Crippen molar-refractivity contribution in [1.29, 1.82) is 0 Å². The number of anilines is 1. The molecule has 0 saturated carbocycles. The standard InChI is InChI=1S/C14H16N4O2/c1-9(2)11-13(17-8-7-16-11)18-14(19)12-10(20-3)5-4-6-15-12/h4-9H,1-3H3,(H,17,18,19). The summed E-state index contributed by atoms with van der Waals surface area (Å²) in [7, 11) is 1.50.